The molecule has 16 heavy (non-hydrogen) atoms. The van der Waals surface area contributed by atoms with Crippen LogP contribution in [0.15, 0.2) is 30.3 Å². The second kappa shape index (κ2) is 5.07. The minimum atomic E-state index is -0.899. The van der Waals surface area contributed by atoms with Crippen LogP contribution in [-0.2, 0) is 6.54 Å². The number of benzene rings is 1. The predicted molar refractivity (Wildman–Crippen MR) is 63.8 cm³/mol. The van der Waals surface area contributed by atoms with E-state index in [2.05, 4.69) is 0 Å². The van der Waals surface area contributed by atoms with Crippen molar-refractivity contribution in [3.63, 3.8) is 0 Å². The molecule has 0 saturated carbocycles. The molecule has 0 amide bonds. The number of hydrogen-bond acceptors (Lipinski definition) is 3. The highest BCUT2D eigenvalue weighted by molar-refractivity contribution is 5.14. The van der Waals surface area contributed by atoms with Crippen molar-refractivity contribution in [2.24, 2.45) is 0 Å². The molecule has 0 N–H and O–H groups in total. The van der Waals surface area contributed by atoms with Crippen molar-refractivity contribution < 1.29 is 4.92 Å². The molecule has 0 unspecified atom stereocenters. The van der Waals surface area contributed by atoms with Crippen molar-refractivity contribution >= 4 is 0 Å². The minimum absolute atomic E-state index is 0.228. The van der Waals surface area contributed by atoms with E-state index in [-0.39, 0.29) is 4.92 Å². The van der Waals surface area contributed by atoms with Gasteiger partial charge >= 0.3 is 0 Å². The van der Waals surface area contributed by atoms with E-state index >= 15 is 0 Å². The lowest BCUT2D eigenvalue weighted by atomic mass is 10.1. The second-order valence-electron chi connectivity index (χ2n) is 4.73. The Morgan fingerprint density at radius 3 is 2.38 bits per heavy atom. The molecule has 0 spiro atoms. The minimum Gasteiger partial charge on any atom is -0.295 e. The number of hydrogen-bond donors (Lipinski definition) is 0. The highest BCUT2D eigenvalue weighted by Crippen LogP contribution is 2.11. The molecule has 1 aromatic rings. The van der Waals surface area contributed by atoms with E-state index in [1.807, 2.05) is 42.3 Å². The average Bonchev–Trinajstić information content (AvgIpc) is 2.17. The van der Waals surface area contributed by atoms with Crippen molar-refractivity contribution in [1.82, 2.24) is 4.90 Å². The summed E-state index contributed by atoms with van der Waals surface area (Å²) in [7, 11) is 1.90. The topological polar surface area (TPSA) is 46.4 Å². The number of nitro groups is 1. The van der Waals surface area contributed by atoms with E-state index in [4.69, 9.17) is 0 Å². The average molecular weight is 222 g/mol. The first kappa shape index (κ1) is 12.6. The maximum Gasteiger partial charge on any atom is 0.229 e. The molecule has 0 aromatic heterocycles. The SMILES string of the molecule is CN(Cc1ccccc1)CC(C)(C)[N+](=O)[O-]. The predicted octanol–water partition coefficient (Wildman–Crippen LogP) is 2.17. The van der Waals surface area contributed by atoms with Crippen LogP contribution >= 0.6 is 0 Å². The van der Waals surface area contributed by atoms with Crippen LogP contribution in [0.1, 0.15) is 19.4 Å². The summed E-state index contributed by atoms with van der Waals surface area (Å²) in [4.78, 5) is 12.5. The molecule has 1 aromatic carbocycles. The van der Waals surface area contributed by atoms with Crippen LogP contribution in [0, 0.1) is 10.1 Å². The second-order valence-corrected chi connectivity index (χ2v) is 4.73. The van der Waals surface area contributed by atoms with Gasteiger partial charge in [0.05, 0.1) is 6.54 Å². The molecule has 0 aliphatic heterocycles. The van der Waals surface area contributed by atoms with E-state index in [1.54, 1.807) is 13.8 Å². The van der Waals surface area contributed by atoms with Gasteiger partial charge in [0, 0.05) is 25.3 Å². The van der Waals surface area contributed by atoms with Crippen LogP contribution in [0.25, 0.3) is 0 Å². The molecule has 0 atom stereocenters. The Balaban J connectivity index is 2.54. The van der Waals surface area contributed by atoms with Crippen LogP contribution in [0.4, 0.5) is 0 Å². The maximum absolute atomic E-state index is 10.8. The monoisotopic (exact) mass is 222 g/mol. The molecule has 1 rings (SSSR count). The van der Waals surface area contributed by atoms with Gasteiger partial charge in [-0.25, -0.2) is 0 Å². The van der Waals surface area contributed by atoms with Crippen molar-refractivity contribution in [1.29, 1.82) is 0 Å². The molecule has 4 heteroatoms. The van der Waals surface area contributed by atoms with Crippen LogP contribution in [0.5, 0.6) is 0 Å². The third kappa shape index (κ3) is 3.62. The number of nitrogens with zero attached hydrogens (tertiary/aromatic N) is 2. The molecule has 0 heterocycles. The molecule has 4 nitrogen and oxygen atoms in total. The zero-order valence-electron chi connectivity index (χ0n) is 10.0. The van der Waals surface area contributed by atoms with Gasteiger partial charge in [0.2, 0.25) is 5.54 Å². The summed E-state index contributed by atoms with van der Waals surface area (Å²) >= 11 is 0. The highest BCUT2D eigenvalue weighted by Gasteiger charge is 2.31. The zero-order valence-corrected chi connectivity index (χ0v) is 10.0. The fourth-order valence-electron chi connectivity index (χ4n) is 1.67. The van der Waals surface area contributed by atoms with Crippen LogP contribution < -0.4 is 0 Å². The molecule has 88 valence electrons. The Morgan fingerprint density at radius 1 is 1.31 bits per heavy atom. The summed E-state index contributed by atoms with van der Waals surface area (Å²) < 4.78 is 0. The van der Waals surface area contributed by atoms with Crippen molar-refractivity contribution in [3.8, 4) is 0 Å². The quantitative estimate of drug-likeness (QED) is 0.566. The third-order valence-electron chi connectivity index (χ3n) is 2.45. The Morgan fingerprint density at radius 2 is 1.88 bits per heavy atom. The van der Waals surface area contributed by atoms with Gasteiger partial charge in [-0.3, -0.25) is 15.0 Å². The third-order valence-corrected chi connectivity index (χ3v) is 2.45. The lowest BCUT2D eigenvalue weighted by molar-refractivity contribution is -0.560. The first-order valence-corrected chi connectivity index (χ1v) is 5.29. The summed E-state index contributed by atoms with van der Waals surface area (Å²) in [5.41, 5.74) is 0.271. The van der Waals surface area contributed by atoms with Crippen molar-refractivity contribution in [2.75, 3.05) is 13.6 Å². The van der Waals surface area contributed by atoms with E-state index in [0.717, 1.165) is 6.54 Å². The van der Waals surface area contributed by atoms with Gasteiger partial charge in [-0.05, 0) is 12.6 Å². The van der Waals surface area contributed by atoms with Crippen LogP contribution in [0.2, 0.25) is 0 Å². The van der Waals surface area contributed by atoms with Gasteiger partial charge in [0.1, 0.15) is 0 Å². The summed E-state index contributed by atoms with van der Waals surface area (Å²) in [5.74, 6) is 0. The lowest BCUT2D eigenvalue weighted by Gasteiger charge is -2.23. The van der Waals surface area contributed by atoms with Crippen LogP contribution in [0.3, 0.4) is 0 Å². The van der Waals surface area contributed by atoms with Gasteiger partial charge in [-0.2, -0.15) is 0 Å². The summed E-state index contributed by atoms with van der Waals surface area (Å²) in [6.07, 6.45) is 0. The molecular formula is C12H18N2O2. The fourth-order valence-corrected chi connectivity index (χ4v) is 1.67. The molecular weight excluding hydrogens is 204 g/mol. The van der Waals surface area contributed by atoms with E-state index < -0.39 is 5.54 Å². The number of likely N-dealkylation sites (N-methyl/N-ethyl adjacent to an activating group) is 1. The van der Waals surface area contributed by atoms with Gasteiger partial charge in [0.25, 0.3) is 0 Å². The fraction of sp³-hybridized carbons (Fsp3) is 0.500. The maximum atomic E-state index is 10.8. The zero-order chi connectivity index (χ0) is 12.2. The molecule has 0 fully saturated rings. The molecule has 0 aliphatic rings. The van der Waals surface area contributed by atoms with E-state index in [0.29, 0.717) is 6.54 Å². The summed E-state index contributed by atoms with van der Waals surface area (Å²) in [6.45, 7) is 4.47. The molecule has 0 bridgehead atoms. The normalized spacial score (nSPS) is 11.8. The first-order valence-electron chi connectivity index (χ1n) is 5.29. The largest absolute Gasteiger partial charge is 0.295 e. The Bertz CT molecular complexity index is 349. The summed E-state index contributed by atoms with van der Waals surface area (Å²) in [5, 5.41) is 10.8. The van der Waals surface area contributed by atoms with Gasteiger partial charge < -0.3 is 0 Å². The molecule has 0 saturated heterocycles. The van der Waals surface area contributed by atoms with E-state index in [1.165, 1.54) is 5.56 Å². The van der Waals surface area contributed by atoms with Gasteiger partial charge in [-0.15, -0.1) is 0 Å². The number of rotatable bonds is 5. The highest BCUT2D eigenvalue weighted by atomic mass is 16.6. The smallest absolute Gasteiger partial charge is 0.229 e. The Hall–Kier alpha value is -1.42. The molecule has 0 aliphatic carbocycles. The molecule has 0 radical (unpaired) electrons. The Kier molecular flexibility index (Phi) is 4.01. The van der Waals surface area contributed by atoms with Gasteiger partial charge in [0.15, 0.2) is 0 Å². The van der Waals surface area contributed by atoms with Crippen molar-refractivity contribution in [3.05, 3.63) is 46.0 Å². The van der Waals surface area contributed by atoms with Gasteiger partial charge in [-0.1, -0.05) is 30.3 Å². The lowest BCUT2D eigenvalue weighted by Crippen LogP contribution is -2.42. The first-order chi connectivity index (χ1) is 7.42. The standard InChI is InChI=1S/C12H18N2O2/c1-12(2,14(15)16)10-13(3)9-11-7-5-4-6-8-11/h4-8H,9-10H2,1-3H3. The van der Waals surface area contributed by atoms with Crippen molar-refractivity contribution in [2.45, 2.75) is 25.9 Å². The van der Waals surface area contributed by atoms with Crippen LogP contribution in [-0.4, -0.2) is 29.0 Å². The Labute approximate surface area is 96.0 Å². The summed E-state index contributed by atoms with van der Waals surface area (Å²) in [6, 6.07) is 9.96. The van der Waals surface area contributed by atoms with E-state index in [9.17, 15) is 10.1 Å².